The maximum Gasteiger partial charge on any atom is 0.417 e. The van der Waals surface area contributed by atoms with Crippen LogP contribution in [0.4, 0.5) is 52.7 Å². The van der Waals surface area contributed by atoms with Crippen LogP contribution in [-0.4, -0.2) is 18.3 Å². The zero-order chi connectivity index (χ0) is 99.8. The molecule has 18 aromatic carbocycles. The second kappa shape index (κ2) is 34.1. The number of rotatable bonds is 13. The summed E-state index contributed by atoms with van der Waals surface area (Å²) < 4.78 is 197. The predicted octanol–water partition coefficient (Wildman–Crippen LogP) is 32.1. The van der Waals surface area contributed by atoms with Crippen molar-refractivity contribution in [3.63, 3.8) is 0 Å². The smallest absolute Gasteiger partial charge is 0.309 e. The maximum absolute atomic E-state index is 16.6. The normalized spacial score (nSPS) is 11.8. The maximum atomic E-state index is 16.6. The molecule has 0 bridgehead atoms. The number of nitrogens with zero attached hydrogens (tertiary/aromatic N) is 12. The number of hydrogen-bond donors (Lipinski definition) is 0. The third-order valence-electron chi connectivity index (χ3n) is 26.6. The number of benzene rings is 18. The summed E-state index contributed by atoms with van der Waals surface area (Å²) in [6.45, 7) is 0. The number of aromatic nitrogens is 4. The summed E-state index contributed by atoms with van der Waals surface area (Å²) in [6.07, 6.45) is -21.3. The van der Waals surface area contributed by atoms with Gasteiger partial charge in [0.25, 0.3) is 0 Å². The quantitative estimate of drug-likeness (QED) is 0.101. The molecular formula is C120H58F12N12. The van der Waals surface area contributed by atoms with E-state index in [9.17, 15) is 55.3 Å². The van der Waals surface area contributed by atoms with Crippen molar-refractivity contribution in [2.75, 3.05) is 0 Å². The summed E-state index contributed by atoms with van der Waals surface area (Å²) in [5, 5.41) is 90.3. The van der Waals surface area contributed by atoms with Crippen LogP contribution >= 0.6 is 0 Å². The Balaban J connectivity index is 0.802. The van der Waals surface area contributed by atoms with Gasteiger partial charge in [0.1, 0.15) is 12.1 Å². The zero-order valence-corrected chi connectivity index (χ0v) is 74.4. The summed E-state index contributed by atoms with van der Waals surface area (Å²) in [4.78, 5) is 0. The Hall–Kier alpha value is -19.8. The van der Waals surface area contributed by atoms with E-state index in [2.05, 4.69) is 48.6 Å². The molecule has 0 spiro atoms. The fraction of sp³-hybridized carbons (Fsp3) is 0.0333. The van der Waals surface area contributed by atoms with Crippen molar-refractivity contribution < 1.29 is 52.7 Å². The van der Waals surface area contributed by atoms with Crippen LogP contribution in [0.5, 0.6) is 0 Å². The van der Waals surface area contributed by atoms with Crippen LogP contribution in [0.15, 0.2) is 352 Å². The lowest BCUT2D eigenvalue weighted by atomic mass is 9.92. The molecule has 4 aromatic heterocycles. The van der Waals surface area contributed by atoms with E-state index in [1.165, 1.54) is 24.3 Å². The van der Waals surface area contributed by atoms with Gasteiger partial charge < -0.3 is 18.3 Å². The Morgan fingerprint density at radius 3 is 0.944 bits per heavy atom. The highest BCUT2D eigenvalue weighted by molar-refractivity contribution is 6.19. The van der Waals surface area contributed by atoms with Crippen LogP contribution in [0.2, 0.25) is 0 Å². The molecule has 0 unspecified atom stereocenters. The Labute approximate surface area is 810 Å². The van der Waals surface area contributed by atoms with Crippen molar-refractivity contribution in [1.29, 1.82) is 42.1 Å². The first-order chi connectivity index (χ1) is 69.5. The van der Waals surface area contributed by atoms with Gasteiger partial charge in [-0.2, -0.15) is 94.8 Å². The van der Waals surface area contributed by atoms with Crippen LogP contribution in [0, 0.1) is 90.6 Å². The summed E-state index contributed by atoms with van der Waals surface area (Å²) in [6, 6.07) is 108. The second-order valence-electron chi connectivity index (χ2n) is 34.8. The van der Waals surface area contributed by atoms with Gasteiger partial charge in [0, 0.05) is 54.2 Å². The standard InChI is InChI=1S/C120H58F12N12/c121-117(122,123)88-30-36-102(119(127,128)129)97(55-88)100-58-109(143-110-49-80(75-16-5-11-69(41-75)61-135)23-31-93(110)94-32-24-81(50-111(94)143)76-17-6-12-70(42-76)62-136)87(66-140)54-115(100)144-112-51-82(77-18-7-13-71(43-77)63-137)25-33-95(112)96-34-26-83(52-113(96)144)84-44-72(64-138)45-85(46-84)90-20-8-22-107-116(90)101-48-79(74-15-4-10-68(40-74)60-134)28-38-106(101)142(107)108-57-99(91-35-29-89(118(124,125)126)56-103(91)120(130,131)132)114(53-86(108)65-139)141-104-21-2-1-19-92(104)98-47-78(27-37-105(98)141)73-14-3-9-67(39-73)59-133/h1-58H. The molecule has 0 aliphatic rings. The first-order valence-electron chi connectivity index (χ1n) is 44.6. The van der Waals surface area contributed by atoms with Crippen molar-refractivity contribution in [2.45, 2.75) is 24.7 Å². The number of halogens is 12. The van der Waals surface area contributed by atoms with Crippen LogP contribution < -0.4 is 0 Å². The Morgan fingerprint density at radius 1 is 0.174 bits per heavy atom. The van der Waals surface area contributed by atoms with E-state index in [1.54, 1.807) is 267 Å². The minimum absolute atomic E-state index is 0.0433. The monoisotopic (exact) mass is 1890 g/mol. The molecule has 0 fully saturated rings. The molecule has 0 amide bonds. The van der Waals surface area contributed by atoms with Gasteiger partial charge in [0.15, 0.2) is 0 Å². The summed E-state index contributed by atoms with van der Waals surface area (Å²) in [5.41, 5.74) is 1.95. The van der Waals surface area contributed by atoms with E-state index in [1.807, 2.05) is 42.5 Å². The summed E-state index contributed by atoms with van der Waals surface area (Å²) in [7, 11) is 0. The number of nitriles is 8. The number of alkyl halides is 12. The van der Waals surface area contributed by atoms with E-state index in [0.29, 0.717) is 201 Å². The fourth-order valence-electron chi connectivity index (χ4n) is 20.2. The Bertz CT molecular complexity index is 9630. The largest absolute Gasteiger partial charge is 0.417 e. The van der Waals surface area contributed by atoms with Gasteiger partial charge >= 0.3 is 24.7 Å². The van der Waals surface area contributed by atoms with Crippen molar-refractivity contribution in [2.24, 2.45) is 0 Å². The molecule has 22 rings (SSSR count). The molecule has 0 N–H and O–H groups in total. The molecule has 0 aliphatic heterocycles. The van der Waals surface area contributed by atoms with E-state index < -0.39 is 63.6 Å². The lowest BCUT2D eigenvalue weighted by molar-refractivity contribution is -0.143. The minimum Gasteiger partial charge on any atom is -0.309 e. The van der Waals surface area contributed by atoms with E-state index in [4.69, 9.17) is 0 Å². The first-order valence-corrected chi connectivity index (χ1v) is 44.6. The highest BCUT2D eigenvalue weighted by Gasteiger charge is 2.42. The average Bonchev–Trinajstić information content (AvgIpc) is 1.52. The fourth-order valence-corrected chi connectivity index (χ4v) is 20.2. The average molecular weight is 1900 g/mol. The van der Waals surface area contributed by atoms with Crippen LogP contribution in [-0.2, 0) is 24.7 Å². The van der Waals surface area contributed by atoms with Crippen LogP contribution in [0.1, 0.15) is 66.8 Å². The summed E-state index contributed by atoms with van der Waals surface area (Å²) >= 11 is 0. The molecule has 0 saturated heterocycles. The van der Waals surface area contributed by atoms with Crippen LogP contribution in [0.3, 0.4) is 0 Å². The molecule has 0 aliphatic carbocycles. The third kappa shape index (κ3) is 15.3. The third-order valence-corrected chi connectivity index (χ3v) is 26.6. The topological polar surface area (TPSA) is 210 Å². The highest BCUT2D eigenvalue weighted by atomic mass is 19.4. The lowest BCUT2D eigenvalue weighted by Gasteiger charge is -2.22. The highest BCUT2D eigenvalue weighted by Crippen LogP contribution is 2.53. The molecule has 0 radical (unpaired) electrons. The van der Waals surface area contributed by atoms with Gasteiger partial charge in [-0.1, -0.05) is 158 Å². The lowest BCUT2D eigenvalue weighted by Crippen LogP contribution is -2.13. The molecule has 22 aromatic rings. The second-order valence-corrected chi connectivity index (χ2v) is 34.8. The van der Waals surface area contributed by atoms with Gasteiger partial charge in [-0.05, 0) is 283 Å². The van der Waals surface area contributed by atoms with Crippen LogP contribution in [0.25, 0.3) is 210 Å². The molecule has 24 heteroatoms. The first kappa shape index (κ1) is 89.5. The molecule has 682 valence electrons. The molecule has 0 atom stereocenters. The minimum atomic E-state index is -5.45. The molecular weight excluding hydrogens is 1840 g/mol. The zero-order valence-electron chi connectivity index (χ0n) is 74.4. The number of hydrogen-bond acceptors (Lipinski definition) is 8. The van der Waals surface area contributed by atoms with Crippen molar-refractivity contribution in [3.05, 3.63) is 419 Å². The van der Waals surface area contributed by atoms with Gasteiger partial charge in [0.05, 0.1) is 170 Å². The van der Waals surface area contributed by atoms with E-state index in [0.717, 1.165) is 6.07 Å². The summed E-state index contributed by atoms with van der Waals surface area (Å²) in [5.74, 6) is 0. The Morgan fingerprint density at radius 2 is 0.507 bits per heavy atom. The number of fused-ring (bicyclic) bond motifs is 12. The predicted molar refractivity (Wildman–Crippen MR) is 530 cm³/mol. The van der Waals surface area contributed by atoms with Crippen molar-refractivity contribution in [3.8, 4) is 171 Å². The molecule has 4 heterocycles. The molecule has 0 saturated carbocycles. The molecule has 12 nitrogen and oxygen atoms in total. The van der Waals surface area contributed by atoms with E-state index >= 15 is 39.5 Å². The van der Waals surface area contributed by atoms with Gasteiger partial charge in [-0.25, -0.2) is 0 Å². The van der Waals surface area contributed by atoms with E-state index in [-0.39, 0.29) is 67.7 Å². The number of para-hydroxylation sites is 1. The van der Waals surface area contributed by atoms with Gasteiger partial charge in [0.2, 0.25) is 0 Å². The SMILES string of the molecule is N#Cc1cccc(-c2ccc3c(c2)c2ccccc2n3-c2cc(C#N)c(-n3c4ccc(-c5cccc(C#N)c5)cc4c4c(-c5cc(C#N)cc(-c6ccc7c8ccc(-c9cccc(C#N)c9)cc8n(-c8cc(C#N)c(-n9c%10cc(-c%11cccc(C#N)c%11)ccc%10c%10ccc(-c%11cccc(C#N)c%11)cc%109)cc8-c8cc(C(F)(F)F)ccc8C(F)(F)F)c7c6)c5)cccc43)cc2-c2ccc(C(F)(F)F)cc2C(F)(F)F)c1. The molecule has 144 heavy (non-hydrogen) atoms. The van der Waals surface area contributed by atoms with Crippen molar-refractivity contribution >= 4 is 87.2 Å². The Kier molecular flexibility index (Phi) is 21.2. The van der Waals surface area contributed by atoms with Gasteiger partial charge in [-0.15, -0.1) is 0 Å². The van der Waals surface area contributed by atoms with Crippen molar-refractivity contribution in [1.82, 2.24) is 18.3 Å². The van der Waals surface area contributed by atoms with Gasteiger partial charge in [-0.3, -0.25) is 0 Å².